The van der Waals surface area contributed by atoms with Crippen molar-refractivity contribution in [1.29, 1.82) is 0 Å². The Morgan fingerprint density at radius 2 is 1.70 bits per heavy atom. The molecule has 0 unspecified atom stereocenters. The van der Waals surface area contributed by atoms with Crippen LogP contribution in [0, 0.1) is 0 Å². The number of rotatable bonds is 6. The minimum atomic E-state index is -4.37. The van der Waals surface area contributed by atoms with E-state index in [-0.39, 0.29) is 16.6 Å². The summed E-state index contributed by atoms with van der Waals surface area (Å²) in [5.74, 6) is 0.472. The van der Waals surface area contributed by atoms with Gasteiger partial charge in [-0.05, 0) is 54.8 Å². The van der Waals surface area contributed by atoms with Gasteiger partial charge in [-0.1, -0.05) is 17.3 Å². The number of benzene rings is 2. The van der Waals surface area contributed by atoms with Crippen molar-refractivity contribution in [2.45, 2.75) is 23.9 Å². The second kappa shape index (κ2) is 8.45. The first-order valence-electron chi connectivity index (χ1n) is 9.67. The van der Waals surface area contributed by atoms with Crippen LogP contribution in [0.25, 0.3) is 22.8 Å². The van der Waals surface area contributed by atoms with E-state index < -0.39 is 21.8 Å². The zero-order chi connectivity index (χ0) is 23.8. The zero-order valence-electron chi connectivity index (χ0n) is 17.2. The van der Waals surface area contributed by atoms with Gasteiger partial charge < -0.3 is 4.52 Å². The largest absolute Gasteiger partial charge is 0.416 e. The van der Waals surface area contributed by atoms with E-state index in [9.17, 15) is 21.6 Å². The summed E-state index contributed by atoms with van der Waals surface area (Å²) in [5, 5.41) is 13.3. The smallest absolute Gasteiger partial charge is 0.333 e. The molecular formula is C21H18F3N5O3S. The molecule has 0 aliphatic carbocycles. The molecule has 2 aromatic heterocycles. The number of halogens is 3. The number of sulfonamides is 1. The van der Waals surface area contributed by atoms with Crippen LogP contribution in [0.3, 0.4) is 0 Å². The molecule has 0 saturated carbocycles. The third kappa shape index (κ3) is 4.96. The van der Waals surface area contributed by atoms with Crippen molar-refractivity contribution in [2.24, 2.45) is 12.2 Å². The highest BCUT2D eigenvalue weighted by atomic mass is 32.2. The summed E-state index contributed by atoms with van der Waals surface area (Å²) in [5.41, 5.74) is 1.96. The van der Waals surface area contributed by atoms with Gasteiger partial charge in [0.2, 0.25) is 15.8 Å². The molecule has 2 aromatic carbocycles. The molecule has 172 valence electrons. The molecule has 2 N–H and O–H groups in total. The molecule has 33 heavy (non-hydrogen) atoms. The molecule has 0 amide bonds. The van der Waals surface area contributed by atoms with Crippen LogP contribution < -0.4 is 5.14 Å². The highest BCUT2D eigenvalue weighted by Crippen LogP contribution is 2.30. The monoisotopic (exact) mass is 477 g/mol. The lowest BCUT2D eigenvalue weighted by atomic mass is 10.0. The molecule has 0 atom stereocenters. The fourth-order valence-electron chi connectivity index (χ4n) is 3.30. The fraction of sp³-hybridized carbons (Fsp3) is 0.190. The van der Waals surface area contributed by atoms with E-state index in [1.807, 2.05) is 0 Å². The summed E-state index contributed by atoms with van der Waals surface area (Å²) in [7, 11) is -2.07. The summed E-state index contributed by atoms with van der Waals surface area (Å²) in [4.78, 5) is 4.34. The van der Waals surface area contributed by atoms with Crippen LogP contribution in [0.15, 0.2) is 64.1 Å². The Hall–Kier alpha value is -3.51. The average molecular weight is 477 g/mol. The number of hydrogen-bond acceptors (Lipinski definition) is 6. The van der Waals surface area contributed by atoms with Crippen molar-refractivity contribution in [2.75, 3.05) is 0 Å². The highest BCUT2D eigenvalue weighted by Gasteiger charge is 2.30. The van der Waals surface area contributed by atoms with Crippen molar-refractivity contribution in [3.63, 3.8) is 0 Å². The van der Waals surface area contributed by atoms with Gasteiger partial charge in [0.05, 0.1) is 27.9 Å². The molecule has 0 spiro atoms. The number of aryl methyl sites for hydroxylation is 2. The van der Waals surface area contributed by atoms with Crippen LogP contribution in [0.5, 0.6) is 0 Å². The van der Waals surface area contributed by atoms with Gasteiger partial charge in [0.25, 0.3) is 5.89 Å². The molecule has 0 bridgehead atoms. The molecule has 4 rings (SSSR count). The van der Waals surface area contributed by atoms with Crippen molar-refractivity contribution in [3.8, 4) is 22.8 Å². The quantitative estimate of drug-likeness (QED) is 0.454. The first kappa shape index (κ1) is 22.7. The lowest BCUT2D eigenvalue weighted by Crippen LogP contribution is -2.11. The van der Waals surface area contributed by atoms with E-state index in [0.717, 1.165) is 23.4 Å². The highest BCUT2D eigenvalue weighted by molar-refractivity contribution is 7.89. The lowest BCUT2D eigenvalue weighted by molar-refractivity contribution is -0.137. The van der Waals surface area contributed by atoms with Gasteiger partial charge in [-0.15, -0.1) is 0 Å². The third-order valence-corrected chi connectivity index (χ3v) is 6.02. The Morgan fingerprint density at radius 1 is 1.03 bits per heavy atom. The summed E-state index contributed by atoms with van der Waals surface area (Å²) in [6.07, 6.45) is -1.83. The Kier molecular flexibility index (Phi) is 5.80. The van der Waals surface area contributed by atoms with Gasteiger partial charge in [-0.3, -0.25) is 4.68 Å². The van der Waals surface area contributed by atoms with Crippen LogP contribution in [0.4, 0.5) is 13.2 Å². The third-order valence-electron chi connectivity index (χ3n) is 5.09. The topological polar surface area (TPSA) is 117 Å². The maximum Gasteiger partial charge on any atom is 0.416 e. The van der Waals surface area contributed by atoms with Gasteiger partial charge in [0, 0.05) is 12.6 Å². The van der Waals surface area contributed by atoms with Crippen LogP contribution >= 0.6 is 0 Å². The van der Waals surface area contributed by atoms with Gasteiger partial charge >= 0.3 is 6.18 Å². The second-order valence-corrected chi connectivity index (χ2v) is 8.88. The molecule has 0 aliphatic heterocycles. The molecular weight excluding hydrogens is 459 g/mol. The van der Waals surface area contributed by atoms with E-state index in [1.165, 1.54) is 36.4 Å². The average Bonchev–Trinajstić information content (AvgIpc) is 3.38. The van der Waals surface area contributed by atoms with E-state index in [1.54, 1.807) is 17.9 Å². The van der Waals surface area contributed by atoms with Crippen LogP contribution in [0.2, 0.25) is 0 Å². The van der Waals surface area contributed by atoms with Crippen molar-refractivity contribution < 1.29 is 26.1 Å². The van der Waals surface area contributed by atoms with Gasteiger partial charge in [0.15, 0.2) is 0 Å². The first-order chi connectivity index (χ1) is 15.5. The van der Waals surface area contributed by atoms with E-state index in [2.05, 4.69) is 15.2 Å². The normalized spacial score (nSPS) is 12.3. The zero-order valence-corrected chi connectivity index (χ0v) is 18.1. The number of primary sulfonamides is 1. The Balaban J connectivity index is 1.53. The maximum absolute atomic E-state index is 12.8. The molecule has 0 radical (unpaired) electrons. The summed E-state index contributed by atoms with van der Waals surface area (Å²) in [6.45, 7) is 0. The minimum Gasteiger partial charge on any atom is -0.333 e. The second-order valence-electron chi connectivity index (χ2n) is 7.32. The first-order valence-corrected chi connectivity index (χ1v) is 11.2. The van der Waals surface area contributed by atoms with Gasteiger partial charge in [-0.2, -0.15) is 23.3 Å². The SMILES string of the molecule is Cn1ncc(-c2nc(-c3ccc(S(N)(=O)=O)cc3)no2)c1CCc1ccc(C(F)(F)F)cc1. The Labute approximate surface area is 186 Å². The number of nitrogens with zero attached hydrogens (tertiary/aromatic N) is 4. The van der Waals surface area contributed by atoms with E-state index in [0.29, 0.717) is 24.0 Å². The standard InChI is InChI=1S/C21H18F3N5O3S/c1-29-18(11-4-13-2-7-15(8-3-13)21(22,23)24)17(12-26-29)20-27-19(28-32-20)14-5-9-16(10-6-14)33(25,30)31/h2-3,5-10,12H,4,11H2,1H3,(H2,25,30,31). The summed E-state index contributed by atoms with van der Waals surface area (Å²) < 4.78 is 68.1. The summed E-state index contributed by atoms with van der Waals surface area (Å²) >= 11 is 0. The van der Waals surface area contributed by atoms with Crippen LogP contribution in [0.1, 0.15) is 16.8 Å². The lowest BCUT2D eigenvalue weighted by Gasteiger charge is -2.08. The maximum atomic E-state index is 12.8. The molecule has 0 saturated heterocycles. The van der Waals surface area contributed by atoms with E-state index in [4.69, 9.17) is 9.66 Å². The molecule has 8 nitrogen and oxygen atoms in total. The van der Waals surface area contributed by atoms with Crippen LogP contribution in [-0.4, -0.2) is 28.3 Å². The molecule has 2 heterocycles. The minimum absolute atomic E-state index is 0.0345. The molecule has 0 fully saturated rings. The molecule has 4 aromatic rings. The number of nitrogens with two attached hydrogens (primary N) is 1. The van der Waals surface area contributed by atoms with Crippen molar-refractivity contribution in [3.05, 3.63) is 71.5 Å². The fourth-order valence-corrected chi connectivity index (χ4v) is 3.82. The van der Waals surface area contributed by atoms with Crippen molar-refractivity contribution >= 4 is 10.0 Å². The van der Waals surface area contributed by atoms with E-state index >= 15 is 0 Å². The number of alkyl halides is 3. The predicted molar refractivity (Wildman–Crippen MR) is 112 cm³/mol. The molecule has 12 heteroatoms. The van der Waals surface area contributed by atoms with Crippen LogP contribution in [-0.2, 0) is 36.1 Å². The Bertz CT molecular complexity index is 1380. The summed E-state index contributed by atoms with van der Waals surface area (Å²) in [6, 6.07) is 10.8. The predicted octanol–water partition coefficient (Wildman–Crippen LogP) is 3.59. The molecule has 0 aliphatic rings. The Morgan fingerprint density at radius 3 is 2.30 bits per heavy atom. The van der Waals surface area contributed by atoms with Crippen molar-refractivity contribution in [1.82, 2.24) is 19.9 Å². The number of aromatic nitrogens is 4. The van der Waals surface area contributed by atoms with Gasteiger partial charge in [0.1, 0.15) is 0 Å². The number of hydrogen-bond donors (Lipinski definition) is 1. The van der Waals surface area contributed by atoms with Gasteiger partial charge in [-0.25, -0.2) is 13.6 Å².